The van der Waals surface area contributed by atoms with Crippen LogP contribution in [0.5, 0.6) is 0 Å². The second kappa shape index (κ2) is 6.95. The van der Waals surface area contributed by atoms with Crippen LogP contribution in [0.1, 0.15) is 32.1 Å². The normalized spacial score (nSPS) is 21.7. The number of aliphatic hydroxyl groups excluding tert-OH is 1. The maximum Gasteiger partial charge on any atom is 0.409 e. The lowest BCUT2D eigenvalue weighted by Crippen LogP contribution is -2.55. The van der Waals surface area contributed by atoms with Crippen molar-refractivity contribution in [1.82, 2.24) is 4.90 Å². The predicted molar refractivity (Wildman–Crippen MR) is 66.3 cm³/mol. The van der Waals surface area contributed by atoms with Crippen LogP contribution in [0, 0.1) is 5.92 Å². The number of aliphatic hydroxyl groups is 1. The highest BCUT2D eigenvalue weighted by Crippen LogP contribution is 2.24. The molecule has 0 atom stereocenters. The van der Waals surface area contributed by atoms with Gasteiger partial charge in [0.25, 0.3) is 0 Å². The molecule has 0 bridgehead atoms. The van der Waals surface area contributed by atoms with E-state index in [-0.39, 0.29) is 18.8 Å². The van der Waals surface area contributed by atoms with Gasteiger partial charge in [0.15, 0.2) is 0 Å². The van der Waals surface area contributed by atoms with Crippen LogP contribution in [0.15, 0.2) is 0 Å². The monoisotopic (exact) mass is 257 g/mol. The molecule has 0 spiro atoms. The molecule has 0 aromatic carbocycles. The molecular weight excluding hydrogens is 234 g/mol. The summed E-state index contributed by atoms with van der Waals surface area (Å²) in [5.41, 5.74) is 0. The molecule has 0 aromatic heterocycles. The summed E-state index contributed by atoms with van der Waals surface area (Å²) in [7, 11) is 0. The summed E-state index contributed by atoms with van der Waals surface area (Å²) < 4.78 is 10.6. The van der Waals surface area contributed by atoms with Crippen LogP contribution in [0.4, 0.5) is 4.79 Å². The lowest BCUT2D eigenvalue weighted by molar-refractivity contribution is -0.0597. The van der Waals surface area contributed by atoms with Gasteiger partial charge in [0, 0.05) is 0 Å². The minimum absolute atomic E-state index is 0.0304. The third-order valence-corrected chi connectivity index (χ3v) is 3.72. The maximum absolute atomic E-state index is 11.7. The molecule has 0 radical (unpaired) electrons. The molecule has 1 aliphatic heterocycles. The number of rotatable bonds is 5. The minimum atomic E-state index is -0.218. The molecular formula is C13H23NO4. The number of nitrogens with zero attached hydrogens (tertiary/aromatic N) is 1. The molecule has 0 unspecified atom stereocenters. The first-order valence-corrected chi connectivity index (χ1v) is 6.93. The smallest absolute Gasteiger partial charge is 0.409 e. The Labute approximate surface area is 108 Å². The number of likely N-dealkylation sites (tertiary alicyclic amines) is 1. The fourth-order valence-corrected chi connectivity index (χ4v) is 2.55. The summed E-state index contributed by atoms with van der Waals surface area (Å²) in [6.45, 7) is 2.11. The van der Waals surface area contributed by atoms with Crippen molar-refractivity contribution < 1.29 is 19.4 Å². The molecule has 5 heteroatoms. The number of ether oxygens (including phenoxy) is 2. The van der Waals surface area contributed by atoms with Crippen molar-refractivity contribution in [2.75, 3.05) is 32.9 Å². The number of hydrogen-bond donors (Lipinski definition) is 1. The summed E-state index contributed by atoms with van der Waals surface area (Å²) in [6.07, 6.45) is 6.08. The van der Waals surface area contributed by atoms with E-state index in [1.54, 1.807) is 4.90 Å². The van der Waals surface area contributed by atoms with E-state index in [0.717, 1.165) is 0 Å². The van der Waals surface area contributed by atoms with Crippen molar-refractivity contribution in [2.24, 2.45) is 5.92 Å². The summed E-state index contributed by atoms with van der Waals surface area (Å²) in [5.74, 6) is 0.561. The molecule has 2 aliphatic rings. The Hall–Kier alpha value is -0.810. The van der Waals surface area contributed by atoms with E-state index in [1.807, 2.05) is 0 Å². The van der Waals surface area contributed by atoms with Crippen LogP contribution in [-0.2, 0) is 9.47 Å². The van der Waals surface area contributed by atoms with Gasteiger partial charge in [-0.2, -0.15) is 0 Å². The van der Waals surface area contributed by atoms with Gasteiger partial charge in [-0.05, 0) is 18.8 Å². The van der Waals surface area contributed by atoms with E-state index in [1.165, 1.54) is 32.1 Å². The second-order valence-corrected chi connectivity index (χ2v) is 5.20. The van der Waals surface area contributed by atoms with Gasteiger partial charge in [-0.15, -0.1) is 0 Å². The van der Waals surface area contributed by atoms with Gasteiger partial charge < -0.3 is 19.5 Å². The zero-order valence-corrected chi connectivity index (χ0v) is 10.8. The largest absolute Gasteiger partial charge is 0.449 e. The first kappa shape index (κ1) is 13.6. The first-order valence-electron chi connectivity index (χ1n) is 6.93. The Morgan fingerprint density at radius 3 is 2.61 bits per heavy atom. The van der Waals surface area contributed by atoms with Gasteiger partial charge in [-0.1, -0.05) is 19.3 Å². The lowest BCUT2D eigenvalue weighted by atomic mass is 9.90. The van der Waals surface area contributed by atoms with Gasteiger partial charge in [0.1, 0.15) is 0 Å². The molecule has 2 fully saturated rings. The van der Waals surface area contributed by atoms with Gasteiger partial charge in [-0.25, -0.2) is 4.79 Å². The van der Waals surface area contributed by atoms with Crippen molar-refractivity contribution in [1.29, 1.82) is 0 Å². The Morgan fingerprint density at radius 1 is 1.22 bits per heavy atom. The van der Waals surface area contributed by atoms with E-state index in [9.17, 15) is 4.79 Å². The van der Waals surface area contributed by atoms with E-state index in [0.29, 0.717) is 32.2 Å². The molecule has 5 nitrogen and oxygen atoms in total. The van der Waals surface area contributed by atoms with Crippen LogP contribution in [-0.4, -0.2) is 55.1 Å². The van der Waals surface area contributed by atoms with E-state index >= 15 is 0 Å². The fraction of sp³-hybridized carbons (Fsp3) is 0.923. The molecule has 104 valence electrons. The van der Waals surface area contributed by atoms with E-state index < -0.39 is 0 Å². The average molecular weight is 257 g/mol. The van der Waals surface area contributed by atoms with Gasteiger partial charge >= 0.3 is 6.09 Å². The Balaban J connectivity index is 1.56. The quantitative estimate of drug-likeness (QED) is 0.808. The fourth-order valence-electron chi connectivity index (χ4n) is 2.55. The SMILES string of the molecule is O=C(OCC1CCCCC1)N1CC(OCCO)C1. The number of carbonyl (C=O) groups excluding carboxylic acids is 1. The highest BCUT2D eigenvalue weighted by Gasteiger charge is 2.32. The first-order chi connectivity index (χ1) is 8.79. The second-order valence-electron chi connectivity index (χ2n) is 5.20. The highest BCUT2D eigenvalue weighted by molar-refractivity contribution is 5.68. The van der Waals surface area contributed by atoms with Crippen molar-refractivity contribution in [3.05, 3.63) is 0 Å². The van der Waals surface area contributed by atoms with Crippen molar-refractivity contribution in [3.63, 3.8) is 0 Å². The standard InChI is InChI=1S/C13H23NO4/c15-6-7-17-12-8-14(9-12)13(16)18-10-11-4-2-1-3-5-11/h11-12,15H,1-10H2. The molecule has 1 N–H and O–H groups in total. The molecule has 1 saturated carbocycles. The van der Waals surface area contributed by atoms with Crippen molar-refractivity contribution >= 4 is 6.09 Å². The van der Waals surface area contributed by atoms with Crippen LogP contribution in [0.25, 0.3) is 0 Å². The average Bonchev–Trinajstić information content (AvgIpc) is 2.36. The third kappa shape index (κ3) is 3.85. The topological polar surface area (TPSA) is 59.0 Å². The number of hydrogen-bond acceptors (Lipinski definition) is 4. The van der Waals surface area contributed by atoms with Crippen LogP contribution >= 0.6 is 0 Å². The molecule has 18 heavy (non-hydrogen) atoms. The number of amides is 1. The molecule has 2 rings (SSSR count). The number of carbonyl (C=O) groups is 1. The zero-order valence-electron chi connectivity index (χ0n) is 10.8. The van der Waals surface area contributed by atoms with Gasteiger partial charge in [-0.3, -0.25) is 0 Å². The van der Waals surface area contributed by atoms with Gasteiger partial charge in [0.2, 0.25) is 0 Å². The van der Waals surface area contributed by atoms with Crippen LogP contribution in [0.3, 0.4) is 0 Å². The lowest BCUT2D eigenvalue weighted by Gasteiger charge is -2.38. The Kier molecular flexibility index (Phi) is 5.26. The summed E-state index contributed by atoms with van der Waals surface area (Å²) in [4.78, 5) is 13.3. The highest BCUT2D eigenvalue weighted by atomic mass is 16.6. The van der Waals surface area contributed by atoms with Crippen LogP contribution < -0.4 is 0 Å². The molecule has 1 saturated heterocycles. The minimum Gasteiger partial charge on any atom is -0.449 e. The van der Waals surface area contributed by atoms with E-state index in [4.69, 9.17) is 14.6 Å². The summed E-state index contributed by atoms with van der Waals surface area (Å²) in [6, 6.07) is 0. The van der Waals surface area contributed by atoms with Crippen LogP contribution in [0.2, 0.25) is 0 Å². The van der Waals surface area contributed by atoms with E-state index in [2.05, 4.69) is 0 Å². The van der Waals surface area contributed by atoms with Crippen molar-refractivity contribution in [2.45, 2.75) is 38.2 Å². The third-order valence-electron chi connectivity index (χ3n) is 3.72. The maximum atomic E-state index is 11.7. The van der Waals surface area contributed by atoms with Gasteiger partial charge in [0.05, 0.1) is 39.0 Å². The summed E-state index contributed by atoms with van der Waals surface area (Å²) >= 11 is 0. The summed E-state index contributed by atoms with van der Waals surface area (Å²) in [5, 5.41) is 8.61. The molecule has 0 aromatic rings. The Morgan fingerprint density at radius 2 is 1.94 bits per heavy atom. The molecule has 1 amide bonds. The predicted octanol–water partition coefficient (Wildman–Crippen LogP) is 1.40. The molecule has 1 heterocycles. The zero-order chi connectivity index (χ0) is 12.8. The molecule has 1 aliphatic carbocycles. The van der Waals surface area contributed by atoms with Crippen molar-refractivity contribution in [3.8, 4) is 0 Å². The Bertz CT molecular complexity index is 260.